The average Bonchev–Trinajstić information content (AvgIpc) is 3.35. The number of aromatic nitrogens is 2. The number of aromatic carboxylic acids is 2. The zero-order chi connectivity index (χ0) is 20.8. The van der Waals surface area contributed by atoms with E-state index in [9.17, 15) is 9.59 Å². The highest BCUT2D eigenvalue weighted by atomic mass is 16.4. The summed E-state index contributed by atoms with van der Waals surface area (Å²) in [5.74, 6) is -1.28. The molecule has 0 amide bonds. The van der Waals surface area contributed by atoms with Crippen LogP contribution in [-0.2, 0) is 0 Å². The fraction of sp³-hybridized carbons (Fsp3) is 0. The number of carboxylic acid groups (broad SMARTS) is 2. The van der Waals surface area contributed by atoms with Crippen LogP contribution in [0.5, 0.6) is 0 Å². The molecule has 5 rings (SSSR count). The minimum Gasteiger partial charge on any atom is -0.478 e. The number of benzene rings is 3. The van der Waals surface area contributed by atoms with E-state index in [1.165, 1.54) is 24.3 Å². The van der Waals surface area contributed by atoms with Crippen molar-refractivity contribution in [3.63, 3.8) is 0 Å². The number of fused-ring (bicyclic) bond motifs is 2. The van der Waals surface area contributed by atoms with Crippen LogP contribution in [0.4, 0.5) is 0 Å². The van der Waals surface area contributed by atoms with Crippen LogP contribution in [0, 0.1) is 0 Å². The molecule has 8 heteroatoms. The molecule has 0 bridgehead atoms. The van der Waals surface area contributed by atoms with Gasteiger partial charge in [0.25, 0.3) is 0 Å². The van der Waals surface area contributed by atoms with Gasteiger partial charge < -0.3 is 19.0 Å². The lowest BCUT2D eigenvalue weighted by atomic mass is 10.1. The number of hydrogen-bond donors (Lipinski definition) is 2. The molecule has 30 heavy (non-hydrogen) atoms. The summed E-state index contributed by atoms with van der Waals surface area (Å²) in [6.07, 6.45) is 0. The van der Waals surface area contributed by atoms with Crippen LogP contribution in [0.1, 0.15) is 20.7 Å². The largest absolute Gasteiger partial charge is 0.478 e. The van der Waals surface area contributed by atoms with Crippen molar-refractivity contribution in [2.24, 2.45) is 0 Å². The maximum absolute atomic E-state index is 11.0. The first-order valence-electron chi connectivity index (χ1n) is 8.86. The van der Waals surface area contributed by atoms with E-state index in [-0.39, 0.29) is 11.1 Å². The Morgan fingerprint density at radius 3 is 1.40 bits per heavy atom. The van der Waals surface area contributed by atoms with E-state index in [0.717, 1.165) is 0 Å². The van der Waals surface area contributed by atoms with Gasteiger partial charge in [0.05, 0.1) is 11.1 Å². The monoisotopic (exact) mass is 400 g/mol. The summed E-state index contributed by atoms with van der Waals surface area (Å²) in [6, 6.07) is 15.9. The standard InChI is InChI=1S/C22H12N2O6/c25-21(26)13-5-1-11(2-6-13)19-23-15-9-16-18(10-17(15)29-19)30-20(24-16)12-3-7-14(8-4-12)22(27)28/h1-10H,(H,25,26)(H,27,28). The van der Waals surface area contributed by atoms with Crippen LogP contribution in [-0.4, -0.2) is 32.1 Å². The number of oxazole rings is 2. The molecule has 0 aliphatic carbocycles. The highest BCUT2D eigenvalue weighted by Crippen LogP contribution is 2.31. The Kier molecular flexibility index (Phi) is 3.85. The highest BCUT2D eigenvalue weighted by Gasteiger charge is 2.15. The van der Waals surface area contributed by atoms with Gasteiger partial charge in [-0.3, -0.25) is 0 Å². The fourth-order valence-corrected chi connectivity index (χ4v) is 3.11. The quantitative estimate of drug-likeness (QED) is 0.444. The number of hydrogen-bond acceptors (Lipinski definition) is 6. The molecule has 0 radical (unpaired) electrons. The Balaban J connectivity index is 1.51. The van der Waals surface area contributed by atoms with Crippen molar-refractivity contribution in [3.05, 3.63) is 71.8 Å². The van der Waals surface area contributed by atoms with Gasteiger partial charge in [-0.05, 0) is 54.6 Å². The van der Waals surface area contributed by atoms with Crippen LogP contribution in [0.2, 0.25) is 0 Å². The highest BCUT2D eigenvalue weighted by molar-refractivity contribution is 5.92. The Bertz CT molecular complexity index is 1270. The summed E-state index contributed by atoms with van der Waals surface area (Å²) in [7, 11) is 0. The van der Waals surface area contributed by atoms with E-state index in [0.29, 0.717) is 45.1 Å². The predicted molar refractivity (Wildman–Crippen MR) is 106 cm³/mol. The van der Waals surface area contributed by atoms with Crippen molar-refractivity contribution in [1.29, 1.82) is 0 Å². The normalized spacial score (nSPS) is 11.2. The molecule has 0 saturated heterocycles. The number of carbonyl (C=O) groups is 2. The molecule has 2 aromatic heterocycles. The number of nitrogens with zero attached hydrogens (tertiary/aromatic N) is 2. The van der Waals surface area contributed by atoms with E-state index < -0.39 is 11.9 Å². The SMILES string of the molecule is O=C(O)c1ccc(-c2nc3cc4nc(-c5ccc(C(=O)O)cc5)oc4cc3o2)cc1. The molecule has 0 atom stereocenters. The fourth-order valence-electron chi connectivity index (χ4n) is 3.11. The summed E-state index contributed by atoms with van der Waals surface area (Å²) >= 11 is 0. The molecule has 0 saturated carbocycles. The van der Waals surface area contributed by atoms with Gasteiger partial charge in [-0.15, -0.1) is 0 Å². The van der Waals surface area contributed by atoms with E-state index in [1.807, 2.05) is 0 Å². The molecule has 0 fully saturated rings. The smallest absolute Gasteiger partial charge is 0.335 e. The number of carboxylic acids is 2. The lowest BCUT2D eigenvalue weighted by Crippen LogP contribution is -1.94. The molecule has 2 heterocycles. The molecule has 2 N–H and O–H groups in total. The van der Waals surface area contributed by atoms with Crippen molar-refractivity contribution < 1.29 is 28.6 Å². The van der Waals surface area contributed by atoms with Crippen LogP contribution >= 0.6 is 0 Å². The van der Waals surface area contributed by atoms with Crippen molar-refractivity contribution in [1.82, 2.24) is 9.97 Å². The summed E-state index contributed by atoms with van der Waals surface area (Å²) in [4.78, 5) is 30.9. The average molecular weight is 400 g/mol. The van der Waals surface area contributed by atoms with Gasteiger partial charge in [0, 0.05) is 17.2 Å². The minimum absolute atomic E-state index is 0.181. The summed E-state index contributed by atoms with van der Waals surface area (Å²) in [6.45, 7) is 0. The van der Waals surface area contributed by atoms with E-state index >= 15 is 0 Å². The van der Waals surface area contributed by atoms with Gasteiger partial charge >= 0.3 is 11.9 Å². The summed E-state index contributed by atoms with van der Waals surface area (Å²) in [5.41, 5.74) is 3.84. The lowest BCUT2D eigenvalue weighted by Gasteiger charge is -1.96. The second-order valence-corrected chi connectivity index (χ2v) is 6.59. The van der Waals surface area contributed by atoms with Crippen LogP contribution in [0.15, 0.2) is 69.5 Å². The molecule has 146 valence electrons. The van der Waals surface area contributed by atoms with Crippen LogP contribution in [0.3, 0.4) is 0 Å². The second kappa shape index (κ2) is 6.56. The number of rotatable bonds is 4. The minimum atomic E-state index is -1.00. The third kappa shape index (κ3) is 2.96. The molecule has 8 nitrogen and oxygen atoms in total. The predicted octanol–water partition coefficient (Wildman–Crippen LogP) is 4.70. The second-order valence-electron chi connectivity index (χ2n) is 6.59. The first-order valence-corrected chi connectivity index (χ1v) is 8.86. The van der Waals surface area contributed by atoms with Crippen molar-refractivity contribution in [2.75, 3.05) is 0 Å². The Morgan fingerprint density at radius 2 is 1.03 bits per heavy atom. The molecule has 0 spiro atoms. The third-order valence-electron chi connectivity index (χ3n) is 4.66. The first kappa shape index (κ1) is 17.6. The van der Waals surface area contributed by atoms with Gasteiger partial charge in [-0.2, -0.15) is 0 Å². The zero-order valence-electron chi connectivity index (χ0n) is 15.2. The van der Waals surface area contributed by atoms with Crippen molar-refractivity contribution >= 4 is 34.1 Å². The molecular formula is C22H12N2O6. The van der Waals surface area contributed by atoms with Crippen molar-refractivity contribution in [3.8, 4) is 22.9 Å². The van der Waals surface area contributed by atoms with Crippen LogP contribution in [0.25, 0.3) is 45.1 Å². The van der Waals surface area contributed by atoms with E-state index in [1.54, 1.807) is 36.4 Å². The Hall–Kier alpha value is -4.46. The topological polar surface area (TPSA) is 127 Å². The molecule has 0 aliphatic rings. The molecule has 0 unspecified atom stereocenters. The first-order chi connectivity index (χ1) is 14.5. The van der Waals surface area contributed by atoms with Gasteiger partial charge in [0.15, 0.2) is 11.2 Å². The molecule has 0 aliphatic heterocycles. The van der Waals surface area contributed by atoms with Gasteiger partial charge in [0.1, 0.15) is 11.0 Å². The molecule has 3 aromatic carbocycles. The van der Waals surface area contributed by atoms with Gasteiger partial charge in [-0.25, -0.2) is 19.6 Å². The lowest BCUT2D eigenvalue weighted by molar-refractivity contribution is 0.0686. The summed E-state index contributed by atoms with van der Waals surface area (Å²) < 4.78 is 11.6. The molecule has 5 aromatic rings. The van der Waals surface area contributed by atoms with Crippen LogP contribution < -0.4 is 0 Å². The summed E-state index contributed by atoms with van der Waals surface area (Å²) in [5, 5.41) is 18.0. The maximum atomic E-state index is 11.0. The van der Waals surface area contributed by atoms with Gasteiger partial charge in [-0.1, -0.05) is 0 Å². The Morgan fingerprint density at radius 1 is 0.633 bits per heavy atom. The van der Waals surface area contributed by atoms with E-state index in [2.05, 4.69) is 9.97 Å². The third-order valence-corrected chi connectivity index (χ3v) is 4.66. The van der Waals surface area contributed by atoms with Gasteiger partial charge in [0.2, 0.25) is 11.8 Å². The zero-order valence-corrected chi connectivity index (χ0v) is 15.2. The maximum Gasteiger partial charge on any atom is 0.335 e. The molecular weight excluding hydrogens is 388 g/mol. The van der Waals surface area contributed by atoms with Crippen molar-refractivity contribution in [2.45, 2.75) is 0 Å². The Labute approximate surface area is 168 Å². The van der Waals surface area contributed by atoms with E-state index in [4.69, 9.17) is 19.0 Å².